The van der Waals surface area contributed by atoms with E-state index in [1.807, 2.05) is 0 Å². The predicted molar refractivity (Wildman–Crippen MR) is 157 cm³/mol. The maximum Gasteiger partial charge on any atom is 0.251 e. The van der Waals surface area contributed by atoms with Crippen molar-refractivity contribution in [1.82, 2.24) is 15.6 Å². The first-order valence-electron chi connectivity index (χ1n) is 14.3. The number of aromatic nitrogens is 1. The van der Waals surface area contributed by atoms with Gasteiger partial charge in [-0.05, 0) is 67.8 Å². The van der Waals surface area contributed by atoms with Gasteiger partial charge in [-0.2, -0.15) is 5.26 Å². The number of carbonyl (C=O) groups is 1. The number of hydrogen-bond donors (Lipinski definition) is 3. The first-order valence-corrected chi connectivity index (χ1v) is 14.3. The van der Waals surface area contributed by atoms with Crippen molar-refractivity contribution in [2.75, 3.05) is 38.7 Å². The summed E-state index contributed by atoms with van der Waals surface area (Å²) in [5.74, 6) is -0.106. The second-order valence-corrected chi connectivity index (χ2v) is 10.7. The van der Waals surface area contributed by atoms with Gasteiger partial charge in [0.25, 0.3) is 5.91 Å². The molecule has 2 aromatic heterocycles. The summed E-state index contributed by atoms with van der Waals surface area (Å²) in [7, 11) is 1.49. The lowest BCUT2D eigenvalue weighted by atomic mass is 10.0. The molecule has 2 fully saturated rings. The Hall–Kier alpha value is -4.53. The first-order chi connectivity index (χ1) is 20.9. The van der Waals surface area contributed by atoms with Crippen LogP contribution in [0.2, 0.25) is 0 Å². The van der Waals surface area contributed by atoms with E-state index in [1.165, 1.54) is 13.2 Å². The van der Waals surface area contributed by atoms with Gasteiger partial charge in [-0.15, -0.1) is 0 Å². The highest BCUT2D eigenvalue weighted by Gasteiger charge is 2.27. The molecule has 2 aromatic carbocycles. The Morgan fingerprint density at radius 1 is 1.14 bits per heavy atom. The van der Waals surface area contributed by atoms with Crippen molar-refractivity contribution in [3.05, 3.63) is 65.6 Å². The Morgan fingerprint density at radius 3 is 2.74 bits per heavy atom. The third-order valence-corrected chi connectivity index (χ3v) is 7.96. The monoisotopic (exact) mass is 587 g/mol. The summed E-state index contributed by atoms with van der Waals surface area (Å²) in [5.41, 5.74) is 3.26. The molecule has 0 spiro atoms. The van der Waals surface area contributed by atoms with Crippen molar-refractivity contribution in [1.29, 1.82) is 5.26 Å². The maximum absolute atomic E-state index is 15.4. The van der Waals surface area contributed by atoms with E-state index in [1.54, 1.807) is 42.6 Å². The van der Waals surface area contributed by atoms with Gasteiger partial charge in [0.1, 0.15) is 35.1 Å². The van der Waals surface area contributed by atoms with E-state index in [-0.39, 0.29) is 23.8 Å². The highest BCUT2D eigenvalue weighted by atomic mass is 19.1. The van der Waals surface area contributed by atoms with Gasteiger partial charge < -0.3 is 29.8 Å². The van der Waals surface area contributed by atoms with E-state index in [2.05, 4.69) is 27.0 Å². The number of fused-ring (bicyclic) bond motifs is 1. The Balaban J connectivity index is 1.30. The number of nitrogens with zero attached hydrogens (tertiary/aromatic N) is 2. The van der Waals surface area contributed by atoms with Gasteiger partial charge in [0.05, 0.1) is 30.0 Å². The summed E-state index contributed by atoms with van der Waals surface area (Å²) in [6, 6.07) is 13.0. The van der Waals surface area contributed by atoms with E-state index >= 15 is 4.39 Å². The summed E-state index contributed by atoms with van der Waals surface area (Å²) in [6.07, 6.45) is 2.41. The number of halogens is 2. The lowest BCUT2D eigenvalue weighted by Gasteiger charge is -2.27. The molecular formula is C32H31F2N5O4. The summed E-state index contributed by atoms with van der Waals surface area (Å²) in [4.78, 5) is 17.3. The number of benzene rings is 2. The van der Waals surface area contributed by atoms with E-state index in [9.17, 15) is 14.4 Å². The van der Waals surface area contributed by atoms with Crippen molar-refractivity contribution in [2.24, 2.45) is 0 Å². The van der Waals surface area contributed by atoms with Crippen LogP contribution in [0.15, 0.2) is 53.1 Å². The fraction of sp³-hybridized carbons (Fsp3) is 0.344. The number of methoxy groups -OCH3 is 1. The van der Waals surface area contributed by atoms with Crippen LogP contribution in [0.3, 0.4) is 0 Å². The van der Waals surface area contributed by atoms with Crippen LogP contribution in [-0.4, -0.2) is 62.6 Å². The molecule has 43 heavy (non-hydrogen) atoms. The standard InChI is InChI=1S/C32H31F2N5O4/c1-41-28-14-18(32(40)39-26-5-8-36-17-25(26)34)2-3-23(28)29-15-27-31(43-29)22(4-9-37-27)19-12-20(16-35)30(24(33)13-19)38-21-6-10-42-11-7-21/h2-4,9,12-15,21,25-26,36,38H,5-8,10-11,17H2,1H3,(H,39,40). The van der Waals surface area contributed by atoms with Gasteiger partial charge in [-0.1, -0.05) is 0 Å². The molecule has 2 aliphatic heterocycles. The van der Waals surface area contributed by atoms with Crippen molar-refractivity contribution >= 4 is 22.7 Å². The number of furan rings is 1. The highest BCUT2D eigenvalue weighted by Crippen LogP contribution is 2.39. The fourth-order valence-electron chi connectivity index (χ4n) is 5.61. The van der Waals surface area contributed by atoms with Crippen LogP contribution >= 0.6 is 0 Å². The molecule has 2 unspecified atom stereocenters. The Labute approximate surface area is 247 Å². The van der Waals surface area contributed by atoms with Crippen molar-refractivity contribution < 1.29 is 27.5 Å². The summed E-state index contributed by atoms with van der Waals surface area (Å²) in [6.45, 7) is 2.02. The third-order valence-electron chi connectivity index (χ3n) is 7.96. The molecule has 2 atom stereocenters. The maximum atomic E-state index is 15.4. The van der Waals surface area contributed by atoms with Crippen molar-refractivity contribution in [2.45, 2.75) is 37.5 Å². The van der Waals surface area contributed by atoms with Gasteiger partial charge in [-0.25, -0.2) is 8.78 Å². The van der Waals surface area contributed by atoms with Gasteiger partial charge in [-0.3, -0.25) is 9.78 Å². The average Bonchev–Trinajstić information content (AvgIpc) is 3.47. The lowest BCUT2D eigenvalue weighted by molar-refractivity contribution is 0.0891. The molecule has 3 N–H and O–H groups in total. The zero-order valence-electron chi connectivity index (χ0n) is 23.6. The minimum Gasteiger partial charge on any atom is -0.496 e. The fourth-order valence-corrected chi connectivity index (χ4v) is 5.61. The molecule has 0 radical (unpaired) electrons. The molecule has 6 rings (SSSR count). The zero-order valence-corrected chi connectivity index (χ0v) is 23.6. The number of nitrogens with one attached hydrogen (secondary N) is 3. The van der Waals surface area contributed by atoms with Crippen LogP contribution in [0.5, 0.6) is 5.75 Å². The summed E-state index contributed by atoms with van der Waals surface area (Å²) in [5, 5.41) is 18.8. The molecule has 0 bridgehead atoms. The van der Waals surface area contributed by atoms with Crippen LogP contribution in [0.1, 0.15) is 35.2 Å². The van der Waals surface area contributed by atoms with Crippen LogP contribution < -0.4 is 20.7 Å². The number of nitriles is 1. The largest absolute Gasteiger partial charge is 0.496 e. The minimum atomic E-state index is -1.16. The van der Waals surface area contributed by atoms with Gasteiger partial charge in [0, 0.05) is 49.2 Å². The number of carbonyl (C=O) groups excluding carboxylic acids is 1. The molecule has 2 aliphatic rings. The third kappa shape index (κ3) is 5.89. The molecule has 9 nitrogen and oxygen atoms in total. The molecule has 1 amide bonds. The van der Waals surface area contributed by atoms with E-state index in [0.717, 1.165) is 12.8 Å². The number of ether oxygens (including phenoxy) is 2. The second kappa shape index (κ2) is 12.4. The second-order valence-electron chi connectivity index (χ2n) is 10.7. The SMILES string of the molecule is COc1cc(C(=O)NC2CCNCC2F)ccc1-c1cc2nccc(-c3cc(F)c(NC4CCOCC4)c(C#N)c3)c2o1. The molecular weight excluding hydrogens is 556 g/mol. The van der Waals surface area contributed by atoms with Crippen LogP contribution in [0.25, 0.3) is 33.6 Å². The van der Waals surface area contributed by atoms with Gasteiger partial charge >= 0.3 is 0 Å². The molecule has 0 aliphatic carbocycles. The van der Waals surface area contributed by atoms with E-state index < -0.39 is 23.9 Å². The van der Waals surface area contributed by atoms with E-state index in [0.29, 0.717) is 71.0 Å². The Morgan fingerprint density at radius 2 is 1.98 bits per heavy atom. The number of rotatable bonds is 7. The Kier molecular flexibility index (Phi) is 8.22. The number of alkyl halides is 1. The van der Waals surface area contributed by atoms with E-state index in [4.69, 9.17) is 13.9 Å². The predicted octanol–water partition coefficient (Wildman–Crippen LogP) is 5.20. The smallest absolute Gasteiger partial charge is 0.251 e. The number of amides is 1. The zero-order chi connectivity index (χ0) is 29.9. The minimum absolute atomic E-state index is 0.0269. The van der Waals surface area contributed by atoms with Gasteiger partial charge in [0.2, 0.25) is 0 Å². The summed E-state index contributed by atoms with van der Waals surface area (Å²) < 4.78 is 46.9. The van der Waals surface area contributed by atoms with Crippen LogP contribution in [-0.2, 0) is 4.74 Å². The number of piperidine rings is 1. The lowest BCUT2D eigenvalue weighted by Crippen LogP contribution is -2.50. The first kappa shape index (κ1) is 28.6. The highest BCUT2D eigenvalue weighted by molar-refractivity contribution is 5.97. The van der Waals surface area contributed by atoms with Crippen molar-refractivity contribution in [3.8, 4) is 34.3 Å². The molecule has 4 aromatic rings. The quantitative estimate of drug-likeness (QED) is 0.270. The molecule has 222 valence electrons. The number of pyridine rings is 1. The number of hydrogen-bond acceptors (Lipinski definition) is 8. The van der Waals surface area contributed by atoms with Crippen LogP contribution in [0, 0.1) is 17.1 Å². The molecule has 4 heterocycles. The average molecular weight is 588 g/mol. The molecule has 0 saturated carbocycles. The molecule has 2 saturated heterocycles. The number of anilines is 1. The van der Waals surface area contributed by atoms with Gasteiger partial charge in [0.15, 0.2) is 5.58 Å². The molecule has 11 heteroatoms. The van der Waals surface area contributed by atoms with Crippen molar-refractivity contribution in [3.63, 3.8) is 0 Å². The van der Waals surface area contributed by atoms with Crippen LogP contribution in [0.4, 0.5) is 14.5 Å². The Bertz CT molecular complexity index is 1700. The normalized spacial score (nSPS) is 19.1. The summed E-state index contributed by atoms with van der Waals surface area (Å²) >= 11 is 0. The topological polar surface area (TPSA) is 121 Å².